The molecule has 9 nitrogen and oxygen atoms in total. The summed E-state index contributed by atoms with van der Waals surface area (Å²) in [5, 5.41) is 14.6. The van der Waals surface area contributed by atoms with E-state index in [0.717, 1.165) is 11.8 Å². The number of aromatic nitrogens is 2. The molecule has 2 aromatic carbocycles. The van der Waals surface area contributed by atoms with Gasteiger partial charge in [-0.05, 0) is 52.0 Å². The number of nitrogens with zero attached hydrogens (tertiary/aromatic N) is 1. The molecule has 0 aliphatic rings. The van der Waals surface area contributed by atoms with Crippen molar-refractivity contribution in [1.29, 1.82) is 0 Å². The zero-order valence-electron chi connectivity index (χ0n) is 15.7. The smallest absolute Gasteiger partial charge is 0.442 e. The minimum Gasteiger partial charge on any atom is -0.497 e. The van der Waals surface area contributed by atoms with Crippen molar-refractivity contribution in [2.24, 2.45) is 0 Å². The molecule has 0 fully saturated rings. The third-order valence-corrected chi connectivity index (χ3v) is 5.35. The van der Waals surface area contributed by atoms with Gasteiger partial charge in [0.05, 0.1) is 17.7 Å². The largest absolute Gasteiger partial charge is 0.497 e. The number of aromatic carboxylic acids is 1. The molecule has 3 rings (SSSR count). The van der Waals surface area contributed by atoms with Crippen molar-refractivity contribution < 1.29 is 28.6 Å². The number of aromatic amines is 1. The number of benzene rings is 2. The fourth-order valence-electron chi connectivity index (χ4n) is 2.52. The minimum absolute atomic E-state index is 0.0818. The molecular formula is C19H17ClN3O6S+. The summed E-state index contributed by atoms with van der Waals surface area (Å²) < 4.78 is 11.5. The summed E-state index contributed by atoms with van der Waals surface area (Å²) in [6.07, 6.45) is 0.0862. The molecule has 1 aromatic heterocycles. The number of hydrogen-bond acceptors (Lipinski definition) is 6. The van der Waals surface area contributed by atoms with Crippen LogP contribution in [0.1, 0.15) is 16.8 Å². The van der Waals surface area contributed by atoms with E-state index in [9.17, 15) is 14.4 Å². The van der Waals surface area contributed by atoms with Gasteiger partial charge in [0.25, 0.3) is 0 Å². The molecule has 0 saturated carbocycles. The lowest BCUT2D eigenvalue weighted by Crippen LogP contribution is -2.36. The summed E-state index contributed by atoms with van der Waals surface area (Å²) in [6.45, 7) is 0. The Morgan fingerprint density at radius 2 is 2.00 bits per heavy atom. The number of thioether (sulfide) groups is 1. The van der Waals surface area contributed by atoms with Gasteiger partial charge in [0.2, 0.25) is 11.6 Å². The van der Waals surface area contributed by atoms with Crippen LogP contribution < -0.4 is 20.4 Å². The average Bonchev–Trinajstić information content (AvgIpc) is 3.10. The second-order valence-corrected chi connectivity index (χ2v) is 7.46. The number of carbonyl (C=O) groups excluding carboxylic acids is 1. The Hall–Kier alpha value is -3.24. The number of anilines is 1. The van der Waals surface area contributed by atoms with Gasteiger partial charge in [0.15, 0.2) is 0 Å². The van der Waals surface area contributed by atoms with Crippen LogP contribution in [0.25, 0.3) is 5.69 Å². The van der Waals surface area contributed by atoms with E-state index in [1.165, 1.54) is 22.9 Å². The SMILES string of the molecule is COc1ccc(-[n+]2[nH]oc(=O)c2SCCC(=O)Nc2ccc(Cl)c(C(=O)O)c2)cc1. The predicted octanol–water partition coefficient (Wildman–Crippen LogP) is 2.73. The molecule has 0 aliphatic carbocycles. The van der Waals surface area contributed by atoms with Crippen molar-refractivity contribution in [3.63, 3.8) is 0 Å². The molecule has 0 aliphatic heterocycles. The van der Waals surface area contributed by atoms with Crippen LogP contribution in [0.2, 0.25) is 5.02 Å². The maximum atomic E-state index is 12.2. The van der Waals surface area contributed by atoms with Gasteiger partial charge >= 0.3 is 16.6 Å². The van der Waals surface area contributed by atoms with Crippen LogP contribution in [-0.2, 0) is 4.79 Å². The molecule has 1 heterocycles. The summed E-state index contributed by atoms with van der Waals surface area (Å²) in [5.74, 6) is -0.556. The Bertz CT molecular complexity index is 1130. The van der Waals surface area contributed by atoms with E-state index in [1.807, 2.05) is 0 Å². The van der Waals surface area contributed by atoms with E-state index in [0.29, 0.717) is 22.9 Å². The Labute approximate surface area is 179 Å². The molecule has 3 N–H and O–H groups in total. The molecule has 156 valence electrons. The van der Waals surface area contributed by atoms with Crippen molar-refractivity contribution in [2.45, 2.75) is 11.4 Å². The van der Waals surface area contributed by atoms with Crippen molar-refractivity contribution in [3.8, 4) is 11.4 Å². The monoisotopic (exact) mass is 450 g/mol. The Balaban J connectivity index is 1.62. The number of hydrogen-bond donors (Lipinski definition) is 3. The average molecular weight is 451 g/mol. The van der Waals surface area contributed by atoms with Crippen LogP contribution in [-0.4, -0.2) is 35.1 Å². The van der Waals surface area contributed by atoms with Gasteiger partial charge in [-0.3, -0.25) is 9.32 Å². The zero-order valence-corrected chi connectivity index (χ0v) is 17.2. The predicted molar refractivity (Wildman–Crippen MR) is 110 cm³/mol. The molecule has 1 amide bonds. The van der Waals surface area contributed by atoms with E-state index in [-0.39, 0.29) is 27.9 Å². The van der Waals surface area contributed by atoms with Crippen molar-refractivity contribution >= 4 is 40.9 Å². The number of rotatable bonds is 8. The van der Waals surface area contributed by atoms with Crippen molar-refractivity contribution in [1.82, 2.24) is 5.27 Å². The summed E-state index contributed by atoms with van der Waals surface area (Å²) in [7, 11) is 1.56. The number of amides is 1. The van der Waals surface area contributed by atoms with Gasteiger partial charge in [-0.25, -0.2) is 9.59 Å². The summed E-state index contributed by atoms with van der Waals surface area (Å²) >= 11 is 6.97. The number of carboxylic acid groups (broad SMARTS) is 1. The number of ether oxygens (including phenoxy) is 1. The highest BCUT2D eigenvalue weighted by Gasteiger charge is 2.24. The topological polar surface area (TPSA) is 126 Å². The number of nitrogens with one attached hydrogen (secondary N) is 2. The quantitative estimate of drug-likeness (QED) is 0.356. The Morgan fingerprint density at radius 1 is 1.27 bits per heavy atom. The van der Waals surface area contributed by atoms with Crippen LogP contribution in [0, 0.1) is 0 Å². The van der Waals surface area contributed by atoms with Gasteiger partial charge in [-0.2, -0.15) is 0 Å². The molecule has 11 heteroatoms. The number of methoxy groups -OCH3 is 1. The molecule has 3 aromatic rings. The summed E-state index contributed by atoms with van der Waals surface area (Å²) in [6, 6.07) is 11.2. The van der Waals surface area contributed by atoms with Crippen LogP contribution in [0.5, 0.6) is 5.75 Å². The lowest BCUT2D eigenvalue weighted by Gasteiger charge is -2.06. The first-order valence-corrected chi connectivity index (χ1v) is 9.99. The maximum Gasteiger partial charge on any atom is 0.442 e. The van der Waals surface area contributed by atoms with E-state index in [2.05, 4.69) is 10.6 Å². The third-order valence-electron chi connectivity index (χ3n) is 3.99. The van der Waals surface area contributed by atoms with Gasteiger partial charge in [0.1, 0.15) is 5.75 Å². The fraction of sp³-hybridized carbons (Fsp3) is 0.158. The fourth-order valence-corrected chi connectivity index (χ4v) is 3.63. The van der Waals surface area contributed by atoms with Crippen LogP contribution in [0.4, 0.5) is 5.69 Å². The molecule has 0 atom stereocenters. The number of halogens is 1. The normalized spacial score (nSPS) is 10.6. The first kappa shape index (κ1) is 21.5. The Morgan fingerprint density at radius 3 is 2.67 bits per heavy atom. The van der Waals surface area contributed by atoms with Crippen LogP contribution in [0.15, 0.2) is 56.8 Å². The molecule has 0 bridgehead atoms. The minimum atomic E-state index is -1.19. The van der Waals surface area contributed by atoms with Crippen LogP contribution in [0.3, 0.4) is 0 Å². The highest BCUT2D eigenvalue weighted by molar-refractivity contribution is 7.99. The second kappa shape index (κ2) is 9.51. The number of H-pyrrole nitrogens is 1. The van der Waals surface area contributed by atoms with Crippen molar-refractivity contribution in [3.05, 3.63) is 63.5 Å². The van der Waals surface area contributed by atoms with Gasteiger partial charge in [-0.15, -0.1) is 0 Å². The zero-order chi connectivity index (χ0) is 21.7. The third kappa shape index (κ3) is 5.02. The van der Waals surface area contributed by atoms with Crippen molar-refractivity contribution in [2.75, 3.05) is 18.2 Å². The Kier molecular flexibility index (Phi) is 6.80. The maximum absolute atomic E-state index is 12.2. The summed E-state index contributed by atoms with van der Waals surface area (Å²) in [5.41, 5.74) is 0.326. The molecule has 0 saturated heterocycles. The van der Waals surface area contributed by atoms with Gasteiger partial charge < -0.3 is 15.2 Å². The van der Waals surface area contributed by atoms with E-state index >= 15 is 0 Å². The first-order valence-electron chi connectivity index (χ1n) is 8.62. The lowest BCUT2D eigenvalue weighted by molar-refractivity contribution is -0.704. The molecule has 30 heavy (non-hydrogen) atoms. The highest BCUT2D eigenvalue weighted by Crippen LogP contribution is 2.21. The standard InChI is InChI=1S/C19H16ClN3O6S/c1-28-13-5-3-12(4-6-13)23-17(19(27)29-22-23)30-9-8-16(24)21-11-2-7-15(20)14(10-11)18(25)26/h2-7,10H,8-9H2,1H3,(H2-,21,22,24,25,26,27)/p+1. The number of carboxylic acids is 1. The van der Waals surface area contributed by atoms with Gasteiger partial charge in [0, 0.05) is 30.0 Å². The molecular weight excluding hydrogens is 434 g/mol. The molecule has 0 unspecified atom stereocenters. The van der Waals surface area contributed by atoms with E-state index < -0.39 is 11.6 Å². The van der Waals surface area contributed by atoms with Gasteiger partial charge in [-0.1, -0.05) is 11.6 Å². The first-order chi connectivity index (χ1) is 14.4. The molecule has 0 spiro atoms. The lowest BCUT2D eigenvalue weighted by atomic mass is 10.2. The van der Waals surface area contributed by atoms with E-state index in [1.54, 1.807) is 31.4 Å². The highest BCUT2D eigenvalue weighted by atomic mass is 35.5. The molecule has 0 radical (unpaired) electrons. The summed E-state index contributed by atoms with van der Waals surface area (Å²) in [4.78, 5) is 35.3. The van der Waals surface area contributed by atoms with E-state index in [4.69, 9.17) is 26.0 Å². The van der Waals surface area contributed by atoms with Crippen LogP contribution >= 0.6 is 23.4 Å². The number of carbonyl (C=O) groups is 2. The second-order valence-electron chi connectivity index (χ2n) is 5.97.